The summed E-state index contributed by atoms with van der Waals surface area (Å²) in [6.45, 7) is 1.54. The fourth-order valence-corrected chi connectivity index (χ4v) is 1.99. The number of aliphatic hydroxyl groups is 3. The van der Waals surface area contributed by atoms with Crippen LogP contribution in [0.25, 0.3) is 0 Å². The van der Waals surface area contributed by atoms with Gasteiger partial charge in [0.05, 0.1) is 6.10 Å². The average Bonchev–Trinajstić information content (AvgIpc) is 2.48. The molecule has 21 heavy (non-hydrogen) atoms. The minimum Gasteiger partial charge on any atom is -0.508 e. The number of phenolic OH excluding ortho intramolecular Hbond substituents is 1. The number of carbonyl (C=O) groups is 1. The smallest absolute Gasteiger partial charge is 0.265 e. The van der Waals surface area contributed by atoms with Crippen LogP contribution in [-0.2, 0) is 4.74 Å². The molecule has 0 aliphatic carbocycles. The van der Waals surface area contributed by atoms with E-state index >= 15 is 0 Å². The van der Waals surface area contributed by atoms with Crippen molar-refractivity contribution in [3.63, 3.8) is 0 Å². The van der Waals surface area contributed by atoms with Crippen LogP contribution in [0, 0.1) is 0 Å². The molecule has 8 heteroatoms. The largest absolute Gasteiger partial charge is 0.508 e. The average molecular weight is 298 g/mol. The third-order valence-electron chi connectivity index (χ3n) is 3.31. The fraction of sp³-hybridized carbons (Fsp3) is 0.462. The Bertz CT molecular complexity index is 494. The van der Waals surface area contributed by atoms with Crippen LogP contribution >= 0.6 is 0 Å². The fourth-order valence-electron chi connectivity index (χ4n) is 1.99. The van der Waals surface area contributed by atoms with Crippen molar-refractivity contribution in [2.75, 3.05) is 0 Å². The number of aliphatic hydroxyl groups excluding tert-OH is 3. The van der Waals surface area contributed by atoms with E-state index in [4.69, 9.17) is 9.84 Å². The number of phenols is 1. The van der Waals surface area contributed by atoms with Crippen molar-refractivity contribution >= 4 is 5.91 Å². The number of amides is 1. The predicted octanol–water partition coefficient (Wildman–Crippen LogP) is -1.55. The SMILES string of the molecule is CC1OC(NNC(=O)c2ccc(O)cc2)C(O)C(O)C1O. The van der Waals surface area contributed by atoms with Crippen molar-refractivity contribution in [1.82, 2.24) is 10.9 Å². The van der Waals surface area contributed by atoms with E-state index in [-0.39, 0.29) is 5.75 Å². The summed E-state index contributed by atoms with van der Waals surface area (Å²) in [5.74, 6) is -0.462. The van der Waals surface area contributed by atoms with Gasteiger partial charge < -0.3 is 25.2 Å². The Balaban J connectivity index is 1.93. The van der Waals surface area contributed by atoms with Crippen molar-refractivity contribution in [3.8, 4) is 5.75 Å². The molecule has 5 atom stereocenters. The minimum absolute atomic E-state index is 0.0384. The Kier molecular flexibility index (Phi) is 4.76. The molecule has 0 radical (unpaired) electrons. The molecule has 1 aromatic carbocycles. The number of rotatable bonds is 3. The zero-order valence-corrected chi connectivity index (χ0v) is 11.3. The zero-order chi connectivity index (χ0) is 15.6. The van der Waals surface area contributed by atoms with Crippen LogP contribution in [0.5, 0.6) is 5.75 Å². The van der Waals surface area contributed by atoms with E-state index in [1.54, 1.807) is 0 Å². The van der Waals surface area contributed by atoms with E-state index in [1.165, 1.54) is 31.2 Å². The van der Waals surface area contributed by atoms with E-state index in [0.29, 0.717) is 5.56 Å². The number of hydrogen-bond acceptors (Lipinski definition) is 7. The van der Waals surface area contributed by atoms with Gasteiger partial charge in [-0.05, 0) is 31.2 Å². The van der Waals surface area contributed by atoms with Gasteiger partial charge in [0.15, 0.2) is 6.23 Å². The van der Waals surface area contributed by atoms with E-state index < -0.39 is 36.6 Å². The van der Waals surface area contributed by atoms with Gasteiger partial charge in [-0.1, -0.05) is 0 Å². The molecule has 1 heterocycles. The number of benzene rings is 1. The molecule has 1 amide bonds. The lowest BCUT2D eigenvalue weighted by atomic mass is 9.99. The molecule has 0 bridgehead atoms. The Morgan fingerprint density at radius 1 is 1.10 bits per heavy atom. The third-order valence-corrected chi connectivity index (χ3v) is 3.31. The second-order valence-electron chi connectivity index (χ2n) is 4.88. The highest BCUT2D eigenvalue weighted by Crippen LogP contribution is 2.19. The molecule has 8 nitrogen and oxygen atoms in total. The van der Waals surface area contributed by atoms with Crippen molar-refractivity contribution in [2.24, 2.45) is 0 Å². The van der Waals surface area contributed by atoms with Gasteiger partial charge in [-0.3, -0.25) is 10.2 Å². The maximum Gasteiger partial charge on any atom is 0.265 e. The molecule has 0 aromatic heterocycles. The quantitative estimate of drug-likeness (QED) is 0.373. The molecular weight excluding hydrogens is 280 g/mol. The predicted molar refractivity (Wildman–Crippen MR) is 71.1 cm³/mol. The summed E-state index contributed by atoms with van der Waals surface area (Å²) in [5, 5.41) is 38.1. The van der Waals surface area contributed by atoms with Crippen molar-refractivity contribution in [2.45, 2.75) is 37.6 Å². The first-order chi connectivity index (χ1) is 9.90. The van der Waals surface area contributed by atoms with E-state index in [0.717, 1.165) is 0 Å². The lowest BCUT2D eigenvalue weighted by Crippen LogP contribution is -2.63. The Labute approximate surface area is 121 Å². The summed E-state index contributed by atoms with van der Waals surface area (Å²) >= 11 is 0. The number of aromatic hydroxyl groups is 1. The number of ether oxygens (including phenoxy) is 1. The summed E-state index contributed by atoms with van der Waals surface area (Å²) < 4.78 is 5.26. The normalized spacial score (nSPS) is 32.7. The van der Waals surface area contributed by atoms with Crippen LogP contribution in [0.2, 0.25) is 0 Å². The molecule has 6 N–H and O–H groups in total. The first-order valence-corrected chi connectivity index (χ1v) is 6.44. The van der Waals surface area contributed by atoms with Gasteiger partial charge >= 0.3 is 0 Å². The Morgan fingerprint density at radius 2 is 1.71 bits per heavy atom. The highest BCUT2D eigenvalue weighted by molar-refractivity contribution is 5.93. The van der Waals surface area contributed by atoms with Crippen LogP contribution < -0.4 is 10.9 Å². The molecule has 1 fully saturated rings. The van der Waals surface area contributed by atoms with Gasteiger partial charge in [-0.15, -0.1) is 0 Å². The molecule has 0 saturated carbocycles. The highest BCUT2D eigenvalue weighted by Gasteiger charge is 2.41. The monoisotopic (exact) mass is 298 g/mol. The molecule has 1 saturated heterocycles. The lowest BCUT2D eigenvalue weighted by molar-refractivity contribution is -0.226. The molecule has 1 aliphatic heterocycles. The molecule has 1 aromatic rings. The van der Waals surface area contributed by atoms with E-state index in [2.05, 4.69) is 10.9 Å². The van der Waals surface area contributed by atoms with Crippen LogP contribution in [0.3, 0.4) is 0 Å². The van der Waals surface area contributed by atoms with Crippen LogP contribution in [-0.4, -0.2) is 57.0 Å². The summed E-state index contributed by atoms with van der Waals surface area (Å²) in [5.41, 5.74) is 5.08. The summed E-state index contributed by atoms with van der Waals surface area (Å²) in [6.07, 6.45) is -5.73. The first kappa shape index (κ1) is 15.7. The highest BCUT2D eigenvalue weighted by atomic mass is 16.5. The van der Waals surface area contributed by atoms with Gasteiger partial charge in [0.25, 0.3) is 5.91 Å². The van der Waals surface area contributed by atoms with Gasteiger partial charge in [-0.2, -0.15) is 0 Å². The van der Waals surface area contributed by atoms with Gasteiger partial charge in [0.2, 0.25) is 0 Å². The van der Waals surface area contributed by atoms with Gasteiger partial charge in [0.1, 0.15) is 24.1 Å². The first-order valence-electron chi connectivity index (χ1n) is 6.44. The maximum atomic E-state index is 11.8. The molecule has 2 rings (SSSR count). The molecule has 0 spiro atoms. The standard InChI is InChI=1S/C13H18N2O6/c1-6-9(17)10(18)11(19)13(21-6)15-14-12(20)7-2-4-8(16)5-3-7/h2-6,9-11,13,15-19H,1H3,(H,14,20). The van der Waals surface area contributed by atoms with Crippen molar-refractivity contribution in [3.05, 3.63) is 29.8 Å². The van der Waals surface area contributed by atoms with Crippen LogP contribution in [0.15, 0.2) is 24.3 Å². The second-order valence-corrected chi connectivity index (χ2v) is 4.88. The van der Waals surface area contributed by atoms with Crippen molar-refractivity contribution in [1.29, 1.82) is 0 Å². The molecule has 5 unspecified atom stereocenters. The molecule has 1 aliphatic rings. The Hall–Kier alpha value is -1.71. The summed E-state index contributed by atoms with van der Waals surface area (Å²) in [6, 6.07) is 5.57. The van der Waals surface area contributed by atoms with Crippen LogP contribution in [0.1, 0.15) is 17.3 Å². The number of hydrazine groups is 1. The number of nitrogens with one attached hydrogen (secondary N) is 2. The molecule has 116 valence electrons. The topological polar surface area (TPSA) is 131 Å². The zero-order valence-electron chi connectivity index (χ0n) is 11.3. The van der Waals surface area contributed by atoms with E-state index in [9.17, 15) is 20.1 Å². The van der Waals surface area contributed by atoms with Crippen molar-refractivity contribution < 1.29 is 30.0 Å². The van der Waals surface area contributed by atoms with E-state index in [1.807, 2.05) is 0 Å². The Morgan fingerprint density at radius 3 is 2.33 bits per heavy atom. The second kappa shape index (κ2) is 6.37. The van der Waals surface area contributed by atoms with Crippen LogP contribution in [0.4, 0.5) is 0 Å². The minimum atomic E-state index is -1.39. The lowest BCUT2D eigenvalue weighted by Gasteiger charge is -2.39. The summed E-state index contributed by atoms with van der Waals surface area (Å²) in [4.78, 5) is 11.8. The number of hydrogen-bond donors (Lipinski definition) is 6. The summed E-state index contributed by atoms with van der Waals surface area (Å²) in [7, 11) is 0. The number of carbonyl (C=O) groups excluding carboxylic acids is 1. The third kappa shape index (κ3) is 3.49. The molecular formula is C13H18N2O6. The van der Waals surface area contributed by atoms with Gasteiger partial charge in [0, 0.05) is 5.56 Å². The maximum absolute atomic E-state index is 11.8. The van der Waals surface area contributed by atoms with Gasteiger partial charge in [-0.25, -0.2) is 5.43 Å².